The van der Waals surface area contributed by atoms with Crippen LogP contribution in [0.3, 0.4) is 0 Å². The highest BCUT2D eigenvalue weighted by Gasteiger charge is 2.07. The van der Waals surface area contributed by atoms with E-state index >= 15 is 0 Å². The fraction of sp³-hybridized carbons (Fsp3) is 0.188. The zero-order valence-corrected chi connectivity index (χ0v) is 14.8. The van der Waals surface area contributed by atoms with Crippen LogP contribution < -0.4 is 5.32 Å². The Morgan fingerprint density at radius 3 is 2.64 bits per heavy atom. The van der Waals surface area contributed by atoms with E-state index in [1.165, 1.54) is 6.07 Å². The number of halogens is 3. The molecule has 0 aliphatic rings. The Labute approximate surface area is 146 Å². The van der Waals surface area contributed by atoms with Crippen LogP contribution in [-0.2, 0) is 4.79 Å². The quantitative estimate of drug-likeness (QED) is 0.492. The molecular weight excluding hydrogens is 389 g/mol. The molecule has 6 heteroatoms. The van der Waals surface area contributed by atoms with Crippen LogP contribution >= 0.6 is 39.3 Å². The van der Waals surface area contributed by atoms with E-state index in [0.29, 0.717) is 15.9 Å². The van der Waals surface area contributed by atoms with Crippen LogP contribution in [0, 0.1) is 5.82 Å². The molecular formula is C16H14BrClFNOS. The molecule has 0 unspecified atom stereocenters. The molecule has 1 N–H and O–H groups in total. The number of rotatable bonds is 6. The fourth-order valence-electron chi connectivity index (χ4n) is 1.76. The molecule has 0 fully saturated rings. The first-order chi connectivity index (χ1) is 10.5. The summed E-state index contributed by atoms with van der Waals surface area (Å²) in [7, 11) is 0. The summed E-state index contributed by atoms with van der Waals surface area (Å²) in [5, 5.41) is 3.29. The van der Waals surface area contributed by atoms with Gasteiger partial charge in [0.15, 0.2) is 0 Å². The Morgan fingerprint density at radius 1 is 1.23 bits per heavy atom. The number of anilines is 1. The molecule has 0 saturated carbocycles. The third-order valence-corrected chi connectivity index (χ3v) is 4.68. The van der Waals surface area contributed by atoms with Gasteiger partial charge < -0.3 is 5.32 Å². The fourth-order valence-corrected chi connectivity index (χ4v) is 3.07. The van der Waals surface area contributed by atoms with Crippen LogP contribution in [-0.4, -0.2) is 11.7 Å². The second-order valence-electron chi connectivity index (χ2n) is 4.58. The largest absolute Gasteiger partial charge is 0.324 e. The van der Waals surface area contributed by atoms with Crippen molar-refractivity contribution in [1.29, 1.82) is 0 Å². The van der Waals surface area contributed by atoms with Crippen molar-refractivity contribution in [3.05, 3.63) is 57.8 Å². The first-order valence-electron chi connectivity index (χ1n) is 6.68. The van der Waals surface area contributed by atoms with Gasteiger partial charge in [-0.15, -0.1) is 11.8 Å². The third kappa shape index (κ3) is 5.63. The van der Waals surface area contributed by atoms with E-state index in [2.05, 4.69) is 21.2 Å². The van der Waals surface area contributed by atoms with Gasteiger partial charge in [-0.2, -0.15) is 0 Å². The maximum atomic E-state index is 13.6. The van der Waals surface area contributed by atoms with Crippen LogP contribution in [0.1, 0.15) is 12.8 Å². The standard InChI is InChI=1S/C16H14BrClFNOS/c17-11-3-8-15(14(19)10-11)20-16(21)2-1-9-22-13-6-4-12(18)5-7-13/h3-8,10H,1-2,9H2,(H,20,21). The Morgan fingerprint density at radius 2 is 1.95 bits per heavy atom. The summed E-state index contributed by atoms with van der Waals surface area (Å²) in [5.41, 5.74) is 0.207. The highest BCUT2D eigenvalue weighted by Crippen LogP contribution is 2.22. The Hall–Kier alpha value is -1.04. The molecule has 0 aliphatic carbocycles. The van der Waals surface area contributed by atoms with Gasteiger partial charge in [-0.25, -0.2) is 4.39 Å². The Balaban J connectivity index is 1.72. The van der Waals surface area contributed by atoms with Crippen LogP contribution in [0.4, 0.5) is 10.1 Å². The summed E-state index contributed by atoms with van der Waals surface area (Å²) >= 11 is 10.7. The van der Waals surface area contributed by atoms with Crippen molar-refractivity contribution in [3.8, 4) is 0 Å². The number of carbonyl (C=O) groups is 1. The maximum Gasteiger partial charge on any atom is 0.224 e. The van der Waals surface area contributed by atoms with Gasteiger partial charge in [0.1, 0.15) is 5.82 Å². The summed E-state index contributed by atoms with van der Waals surface area (Å²) in [4.78, 5) is 12.9. The third-order valence-electron chi connectivity index (χ3n) is 2.84. The minimum atomic E-state index is -0.446. The second-order valence-corrected chi connectivity index (χ2v) is 7.10. The molecule has 0 atom stereocenters. The molecule has 2 aromatic rings. The summed E-state index contributed by atoms with van der Waals surface area (Å²) < 4.78 is 14.2. The van der Waals surface area contributed by atoms with Crippen LogP contribution in [0.5, 0.6) is 0 Å². The molecule has 0 spiro atoms. The minimum absolute atomic E-state index is 0.182. The number of hydrogen-bond acceptors (Lipinski definition) is 2. The molecule has 2 nitrogen and oxygen atoms in total. The van der Waals surface area contributed by atoms with Gasteiger partial charge >= 0.3 is 0 Å². The Kier molecular flexibility index (Phi) is 6.73. The molecule has 2 rings (SSSR count). The smallest absolute Gasteiger partial charge is 0.224 e. The lowest BCUT2D eigenvalue weighted by atomic mass is 10.2. The van der Waals surface area contributed by atoms with E-state index in [1.54, 1.807) is 23.9 Å². The van der Waals surface area contributed by atoms with Gasteiger partial charge in [0, 0.05) is 20.8 Å². The summed E-state index contributed by atoms with van der Waals surface area (Å²) in [6, 6.07) is 12.1. The van der Waals surface area contributed by atoms with Crippen molar-refractivity contribution in [2.24, 2.45) is 0 Å². The topological polar surface area (TPSA) is 29.1 Å². The molecule has 116 valence electrons. The molecule has 0 aliphatic heterocycles. The summed E-state index contributed by atoms with van der Waals surface area (Å²) in [5.74, 6) is 0.189. The van der Waals surface area contributed by atoms with Gasteiger partial charge in [-0.1, -0.05) is 27.5 Å². The molecule has 0 aromatic heterocycles. The van der Waals surface area contributed by atoms with Crippen LogP contribution in [0.25, 0.3) is 0 Å². The van der Waals surface area contributed by atoms with Crippen LogP contribution in [0.15, 0.2) is 51.8 Å². The average molecular weight is 403 g/mol. The number of thioether (sulfide) groups is 1. The summed E-state index contributed by atoms with van der Waals surface area (Å²) in [6.45, 7) is 0. The van der Waals surface area contributed by atoms with Crippen molar-refractivity contribution < 1.29 is 9.18 Å². The van der Waals surface area contributed by atoms with Crippen molar-refractivity contribution >= 4 is 50.9 Å². The van der Waals surface area contributed by atoms with E-state index in [9.17, 15) is 9.18 Å². The highest BCUT2D eigenvalue weighted by molar-refractivity contribution is 9.10. The maximum absolute atomic E-state index is 13.6. The normalized spacial score (nSPS) is 10.5. The SMILES string of the molecule is O=C(CCCSc1ccc(Cl)cc1)Nc1ccc(Br)cc1F. The monoisotopic (exact) mass is 401 g/mol. The zero-order chi connectivity index (χ0) is 15.9. The molecule has 2 aromatic carbocycles. The number of hydrogen-bond donors (Lipinski definition) is 1. The number of benzene rings is 2. The lowest BCUT2D eigenvalue weighted by Crippen LogP contribution is -2.12. The van der Waals surface area contributed by atoms with Crippen molar-refractivity contribution in [2.75, 3.05) is 11.1 Å². The highest BCUT2D eigenvalue weighted by atomic mass is 79.9. The van der Waals surface area contributed by atoms with Crippen molar-refractivity contribution in [1.82, 2.24) is 0 Å². The minimum Gasteiger partial charge on any atom is -0.324 e. The van der Waals surface area contributed by atoms with Crippen LogP contribution in [0.2, 0.25) is 5.02 Å². The van der Waals surface area contributed by atoms with Crippen molar-refractivity contribution in [2.45, 2.75) is 17.7 Å². The van der Waals surface area contributed by atoms with Gasteiger partial charge in [0.05, 0.1) is 5.69 Å². The Bertz CT molecular complexity index is 651. The molecule has 0 radical (unpaired) electrons. The average Bonchev–Trinajstić information content (AvgIpc) is 2.48. The predicted octanol–water partition coefficient (Wildman–Crippen LogP) is 5.75. The number of carbonyl (C=O) groups excluding carboxylic acids is 1. The van der Waals surface area contributed by atoms with E-state index in [0.717, 1.165) is 17.1 Å². The summed E-state index contributed by atoms with van der Waals surface area (Å²) in [6.07, 6.45) is 1.08. The van der Waals surface area contributed by atoms with Gasteiger partial charge in [-0.05, 0) is 54.6 Å². The van der Waals surface area contributed by atoms with E-state index < -0.39 is 5.82 Å². The van der Waals surface area contributed by atoms with E-state index in [-0.39, 0.29) is 11.6 Å². The van der Waals surface area contributed by atoms with E-state index in [4.69, 9.17) is 11.6 Å². The molecule has 0 bridgehead atoms. The van der Waals surface area contributed by atoms with E-state index in [1.807, 2.05) is 24.3 Å². The van der Waals surface area contributed by atoms with Gasteiger partial charge in [0.25, 0.3) is 0 Å². The molecule has 0 heterocycles. The molecule has 1 amide bonds. The van der Waals surface area contributed by atoms with Crippen molar-refractivity contribution in [3.63, 3.8) is 0 Å². The van der Waals surface area contributed by atoms with Gasteiger partial charge in [0.2, 0.25) is 5.91 Å². The number of amides is 1. The zero-order valence-electron chi connectivity index (χ0n) is 11.6. The number of nitrogens with one attached hydrogen (secondary N) is 1. The van der Waals surface area contributed by atoms with Gasteiger partial charge in [-0.3, -0.25) is 4.79 Å². The first-order valence-corrected chi connectivity index (χ1v) is 8.83. The second kappa shape index (κ2) is 8.56. The molecule has 0 saturated heterocycles. The lowest BCUT2D eigenvalue weighted by molar-refractivity contribution is -0.116. The first kappa shape index (κ1) is 17.3. The lowest BCUT2D eigenvalue weighted by Gasteiger charge is -2.07. The predicted molar refractivity (Wildman–Crippen MR) is 94.1 cm³/mol. The molecule has 22 heavy (non-hydrogen) atoms.